The number of para-hydroxylation sites is 1. The first-order valence-corrected chi connectivity index (χ1v) is 14.2. The van der Waals surface area contributed by atoms with E-state index in [-0.39, 0.29) is 4.90 Å². The molecule has 0 aliphatic heterocycles. The van der Waals surface area contributed by atoms with Crippen molar-refractivity contribution in [3.8, 4) is 5.69 Å². The number of carbonyl (C=O) groups excluding carboxylic acids is 1. The van der Waals surface area contributed by atoms with Crippen LogP contribution in [-0.4, -0.2) is 31.7 Å². The summed E-state index contributed by atoms with van der Waals surface area (Å²) in [6.45, 7) is 7.26. The second-order valence-electron chi connectivity index (χ2n) is 9.04. The van der Waals surface area contributed by atoms with Gasteiger partial charge in [-0.25, -0.2) is 13.8 Å². The van der Waals surface area contributed by atoms with E-state index in [0.717, 1.165) is 42.5 Å². The van der Waals surface area contributed by atoms with Crippen LogP contribution in [0.25, 0.3) is 5.69 Å². The number of anilines is 1. The molecule has 0 aliphatic carbocycles. The van der Waals surface area contributed by atoms with Gasteiger partial charge in [0.25, 0.3) is 15.9 Å². The minimum absolute atomic E-state index is 0.114. The van der Waals surface area contributed by atoms with Gasteiger partial charge in [0.1, 0.15) is 6.54 Å². The fraction of sp³-hybridized carbons (Fsp3) is 0.172. The lowest BCUT2D eigenvalue weighted by Crippen LogP contribution is -2.40. The molecule has 1 aromatic heterocycles. The second kappa shape index (κ2) is 11.4. The van der Waals surface area contributed by atoms with Crippen LogP contribution in [0.15, 0.2) is 93.3 Å². The Balaban J connectivity index is 1.56. The van der Waals surface area contributed by atoms with E-state index in [4.69, 9.17) is 0 Å². The van der Waals surface area contributed by atoms with Crippen LogP contribution < -0.4 is 9.73 Å². The highest BCUT2D eigenvalue weighted by molar-refractivity contribution is 9.10. The predicted octanol–water partition coefficient (Wildman–Crippen LogP) is 5.82. The number of sulfonamides is 1. The molecule has 1 amide bonds. The van der Waals surface area contributed by atoms with Gasteiger partial charge in [-0.15, -0.1) is 0 Å². The summed E-state index contributed by atoms with van der Waals surface area (Å²) in [5.41, 5.74) is 8.45. The Bertz CT molecular complexity index is 1590. The number of aryl methyl sites for hydroxylation is 3. The fourth-order valence-electron chi connectivity index (χ4n) is 4.23. The Labute approximate surface area is 232 Å². The third-order valence-electron chi connectivity index (χ3n) is 6.23. The zero-order chi connectivity index (χ0) is 27.4. The van der Waals surface area contributed by atoms with E-state index in [1.807, 2.05) is 70.2 Å². The average Bonchev–Trinajstić information content (AvgIpc) is 3.16. The summed E-state index contributed by atoms with van der Waals surface area (Å²) in [5, 5.41) is 4.13. The number of hydrogen-bond donors (Lipinski definition) is 1. The molecule has 0 atom stereocenters. The molecule has 1 heterocycles. The van der Waals surface area contributed by atoms with Crippen molar-refractivity contribution in [2.24, 2.45) is 5.10 Å². The number of amides is 1. The summed E-state index contributed by atoms with van der Waals surface area (Å²) in [4.78, 5) is 13.0. The number of hydrazone groups is 1. The second-order valence-corrected chi connectivity index (χ2v) is 11.8. The molecule has 4 aromatic rings. The Morgan fingerprint density at radius 2 is 1.63 bits per heavy atom. The molecule has 0 unspecified atom stereocenters. The van der Waals surface area contributed by atoms with Crippen LogP contribution in [-0.2, 0) is 14.8 Å². The zero-order valence-corrected chi connectivity index (χ0v) is 24.0. The maximum absolute atomic E-state index is 13.6. The van der Waals surface area contributed by atoms with Gasteiger partial charge in [-0.3, -0.25) is 9.10 Å². The minimum atomic E-state index is -3.99. The van der Waals surface area contributed by atoms with Gasteiger partial charge in [0.05, 0.1) is 16.8 Å². The minimum Gasteiger partial charge on any atom is -0.318 e. The zero-order valence-electron chi connectivity index (χ0n) is 21.6. The molecular weight excluding hydrogens is 564 g/mol. The van der Waals surface area contributed by atoms with Crippen molar-refractivity contribution in [2.75, 3.05) is 10.8 Å². The van der Waals surface area contributed by atoms with Gasteiger partial charge in [-0.2, -0.15) is 5.10 Å². The van der Waals surface area contributed by atoms with Crippen LogP contribution >= 0.6 is 15.9 Å². The van der Waals surface area contributed by atoms with E-state index in [1.54, 1.807) is 42.6 Å². The highest BCUT2D eigenvalue weighted by Crippen LogP contribution is 2.27. The number of halogens is 1. The molecule has 0 aliphatic rings. The van der Waals surface area contributed by atoms with E-state index < -0.39 is 22.5 Å². The molecule has 4 rings (SSSR count). The summed E-state index contributed by atoms with van der Waals surface area (Å²) in [6.07, 6.45) is 1.57. The normalized spacial score (nSPS) is 11.6. The first-order chi connectivity index (χ1) is 18.1. The van der Waals surface area contributed by atoms with Gasteiger partial charge in [-0.1, -0.05) is 51.8 Å². The molecule has 0 fully saturated rings. The molecule has 196 valence electrons. The molecule has 0 radical (unpaired) electrons. The van der Waals surface area contributed by atoms with Crippen molar-refractivity contribution < 1.29 is 13.2 Å². The molecule has 9 heteroatoms. The third-order valence-corrected chi connectivity index (χ3v) is 8.53. The van der Waals surface area contributed by atoms with E-state index in [2.05, 4.69) is 31.0 Å². The monoisotopic (exact) mass is 592 g/mol. The van der Waals surface area contributed by atoms with Crippen molar-refractivity contribution in [2.45, 2.75) is 32.6 Å². The van der Waals surface area contributed by atoms with Gasteiger partial charge in [0, 0.05) is 27.1 Å². The first kappa shape index (κ1) is 27.3. The maximum Gasteiger partial charge on any atom is 0.264 e. The highest BCUT2D eigenvalue weighted by Gasteiger charge is 2.28. The number of carbonyl (C=O) groups is 1. The van der Waals surface area contributed by atoms with Crippen molar-refractivity contribution in [3.05, 3.63) is 111 Å². The summed E-state index contributed by atoms with van der Waals surface area (Å²) in [6, 6.07) is 23.6. The van der Waals surface area contributed by atoms with Crippen LogP contribution in [0.3, 0.4) is 0 Å². The number of rotatable bonds is 8. The lowest BCUT2D eigenvalue weighted by atomic mass is 10.2. The van der Waals surface area contributed by atoms with Crippen molar-refractivity contribution >= 4 is 43.8 Å². The van der Waals surface area contributed by atoms with E-state index in [1.165, 1.54) is 0 Å². The molecule has 0 saturated heterocycles. The van der Waals surface area contributed by atoms with Gasteiger partial charge in [-0.05, 0) is 81.8 Å². The predicted molar refractivity (Wildman–Crippen MR) is 156 cm³/mol. The van der Waals surface area contributed by atoms with Gasteiger partial charge in [0.2, 0.25) is 0 Å². The maximum atomic E-state index is 13.6. The molecule has 3 aromatic carbocycles. The smallest absolute Gasteiger partial charge is 0.264 e. The van der Waals surface area contributed by atoms with Gasteiger partial charge < -0.3 is 4.57 Å². The molecule has 0 spiro atoms. The number of hydrogen-bond acceptors (Lipinski definition) is 4. The summed E-state index contributed by atoms with van der Waals surface area (Å²) < 4.78 is 31.4. The summed E-state index contributed by atoms with van der Waals surface area (Å²) in [7, 11) is -3.99. The van der Waals surface area contributed by atoms with Crippen LogP contribution in [0, 0.1) is 27.7 Å². The standard InChI is InChI=1S/C29H29BrN4O3S/c1-20-9-15-27(16-10-20)38(36,37)33(28-8-6-5-7-21(28)2)19-29(35)32-31-18-24-17-22(3)34(23(24)4)26-13-11-25(30)12-14-26/h5-18H,19H2,1-4H3,(H,32,35)/b31-18-. The SMILES string of the molecule is Cc1ccc(S(=O)(=O)N(CC(=O)N/N=C\c2cc(C)n(-c3ccc(Br)cc3)c2C)c2ccccc2C)cc1. The highest BCUT2D eigenvalue weighted by atomic mass is 79.9. The summed E-state index contributed by atoms with van der Waals surface area (Å²) in [5.74, 6) is -0.554. The van der Waals surface area contributed by atoms with Crippen LogP contribution in [0.4, 0.5) is 5.69 Å². The van der Waals surface area contributed by atoms with Crippen molar-refractivity contribution in [1.29, 1.82) is 0 Å². The third kappa shape index (κ3) is 5.89. The van der Waals surface area contributed by atoms with Crippen molar-refractivity contribution in [1.82, 2.24) is 9.99 Å². The van der Waals surface area contributed by atoms with E-state index in [9.17, 15) is 13.2 Å². The average molecular weight is 594 g/mol. The van der Waals surface area contributed by atoms with Crippen LogP contribution in [0.1, 0.15) is 28.1 Å². The molecular formula is C29H29BrN4O3S. The van der Waals surface area contributed by atoms with E-state index in [0.29, 0.717) is 5.69 Å². The Morgan fingerprint density at radius 3 is 2.29 bits per heavy atom. The molecule has 0 saturated carbocycles. The Morgan fingerprint density at radius 1 is 0.974 bits per heavy atom. The quantitative estimate of drug-likeness (QED) is 0.207. The van der Waals surface area contributed by atoms with E-state index >= 15 is 0 Å². The Kier molecular flexibility index (Phi) is 8.18. The Hall–Kier alpha value is -3.69. The first-order valence-electron chi connectivity index (χ1n) is 12.0. The number of aromatic nitrogens is 1. The number of nitrogens with zero attached hydrogens (tertiary/aromatic N) is 3. The van der Waals surface area contributed by atoms with Gasteiger partial charge in [0.15, 0.2) is 0 Å². The molecule has 1 N–H and O–H groups in total. The largest absolute Gasteiger partial charge is 0.318 e. The molecule has 38 heavy (non-hydrogen) atoms. The van der Waals surface area contributed by atoms with Gasteiger partial charge >= 0.3 is 0 Å². The number of benzene rings is 3. The molecule has 7 nitrogen and oxygen atoms in total. The number of nitrogens with one attached hydrogen (secondary N) is 1. The van der Waals surface area contributed by atoms with Crippen molar-refractivity contribution in [3.63, 3.8) is 0 Å². The molecule has 0 bridgehead atoms. The summed E-state index contributed by atoms with van der Waals surface area (Å²) >= 11 is 3.46. The fourth-order valence-corrected chi connectivity index (χ4v) is 5.98. The lowest BCUT2D eigenvalue weighted by molar-refractivity contribution is -0.119. The van der Waals surface area contributed by atoms with Crippen LogP contribution in [0.2, 0.25) is 0 Å². The topological polar surface area (TPSA) is 83.8 Å². The van der Waals surface area contributed by atoms with Crippen LogP contribution in [0.5, 0.6) is 0 Å². The lowest BCUT2D eigenvalue weighted by Gasteiger charge is -2.25.